The largest absolute Gasteiger partial charge is 0.478 e. The van der Waals surface area contributed by atoms with E-state index in [0.29, 0.717) is 5.69 Å². The van der Waals surface area contributed by atoms with Crippen molar-refractivity contribution >= 4 is 23.5 Å². The highest BCUT2D eigenvalue weighted by atomic mass is 16.4. The number of rotatable bonds is 6. The second kappa shape index (κ2) is 7.74. The molecule has 0 atom stereocenters. The summed E-state index contributed by atoms with van der Waals surface area (Å²) in [7, 11) is 0. The molecule has 0 radical (unpaired) electrons. The van der Waals surface area contributed by atoms with Crippen LogP contribution < -0.4 is 10.6 Å². The molecule has 0 fully saturated rings. The Hall–Kier alpha value is -3.15. The molecular formula is C17H16N2O4. The molecule has 0 aliphatic rings. The SMILES string of the molecule is O=C(Cc1ccccc1)NCC(=O)Nc1cccc(C(=O)O)c1. The summed E-state index contributed by atoms with van der Waals surface area (Å²) in [5.74, 6) is -1.75. The molecule has 118 valence electrons. The number of aromatic carboxylic acids is 1. The van der Waals surface area contributed by atoms with Gasteiger partial charge in [0.1, 0.15) is 0 Å². The van der Waals surface area contributed by atoms with Crippen molar-refractivity contribution in [2.24, 2.45) is 0 Å². The van der Waals surface area contributed by atoms with Gasteiger partial charge in [0, 0.05) is 5.69 Å². The van der Waals surface area contributed by atoms with Gasteiger partial charge >= 0.3 is 5.97 Å². The summed E-state index contributed by atoms with van der Waals surface area (Å²) in [6.07, 6.45) is 0.197. The van der Waals surface area contributed by atoms with Gasteiger partial charge in [-0.05, 0) is 23.8 Å². The number of carboxylic acid groups (broad SMARTS) is 1. The number of carboxylic acids is 1. The molecule has 0 aliphatic carbocycles. The van der Waals surface area contributed by atoms with Gasteiger partial charge in [-0.25, -0.2) is 4.79 Å². The lowest BCUT2D eigenvalue weighted by atomic mass is 10.1. The summed E-state index contributed by atoms with van der Waals surface area (Å²) in [5.41, 5.74) is 1.31. The molecule has 6 heteroatoms. The molecule has 0 heterocycles. The number of amides is 2. The van der Waals surface area contributed by atoms with Crippen LogP contribution in [0.4, 0.5) is 5.69 Å². The zero-order chi connectivity index (χ0) is 16.7. The number of carbonyl (C=O) groups excluding carboxylic acids is 2. The highest BCUT2D eigenvalue weighted by Gasteiger charge is 2.08. The van der Waals surface area contributed by atoms with E-state index < -0.39 is 11.9 Å². The van der Waals surface area contributed by atoms with Crippen LogP contribution >= 0.6 is 0 Å². The lowest BCUT2D eigenvalue weighted by molar-refractivity contribution is -0.123. The van der Waals surface area contributed by atoms with Gasteiger partial charge < -0.3 is 15.7 Å². The van der Waals surface area contributed by atoms with Crippen LogP contribution in [0.25, 0.3) is 0 Å². The van der Waals surface area contributed by atoms with E-state index in [1.54, 1.807) is 6.07 Å². The van der Waals surface area contributed by atoms with Gasteiger partial charge in [-0.1, -0.05) is 36.4 Å². The van der Waals surface area contributed by atoms with Crippen LogP contribution in [0.1, 0.15) is 15.9 Å². The number of anilines is 1. The normalized spacial score (nSPS) is 9.91. The fraction of sp³-hybridized carbons (Fsp3) is 0.118. The van der Waals surface area contributed by atoms with Crippen molar-refractivity contribution in [1.82, 2.24) is 5.32 Å². The lowest BCUT2D eigenvalue weighted by Gasteiger charge is -2.07. The van der Waals surface area contributed by atoms with Crippen LogP contribution in [0.2, 0.25) is 0 Å². The van der Waals surface area contributed by atoms with Crippen LogP contribution in [0.15, 0.2) is 54.6 Å². The zero-order valence-electron chi connectivity index (χ0n) is 12.3. The molecule has 0 unspecified atom stereocenters. The monoisotopic (exact) mass is 312 g/mol. The molecule has 0 aromatic heterocycles. The molecule has 2 rings (SSSR count). The fourth-order valence-electron chi connectivity index (χ4n) is 1.96. The molecule has 0 bridgehead atoms. The quantitative estimate of drug-likeness (QED) is 0.756. The Kier molecular flexibility index (Phi) is 5.46. The first kappa shape index (κ1) is 16.2. The molecule has 2 amide bonds. The van der Waals surface area contributed by atoms with E-state index in [2.05, 4.69) is 10.6 Å². The summed E-state index contributed by atoms with van der Waals surface area (Å²) in [6, 6.07) is 15.1. The van der Waals surface area contributed by atoms with Gasteiger partial charge in [0.25, 0.3) is 0 Å². The van der Waals surface area contributed by atoms with Crippen LogP contribution in [-0.2, 0) is 16.0 Å². The minimum Gasteiger partial charge on any atom is -0.478 e. The molecule has 3 N–H and O–H groups in total. The predicted octanol–water partition coefficient (Wildman–Crippen LogP) is 1.68. The summed E-state index contributed by atoms with van der Waals surface area (Å²) in [4.78, 5) is 34.4. The lowest BCUT2D eigenvalue weighted by Crippen LogP contribution is -2.33. The van der Waals surface area contributed by atoms with E-state index in [1.807, 2.05) is 30.3 Å². The second-order valence-electron chi connectivity index (χ2n) is 4.87. The van der Waals surface area contributed by atoms with Crippen molar-refractivity contribution in [1.29, 1.82) is 0 Å². The summed E-state index contributed by atoms with van der Waals surface area (Å²) >= 11 is 0. The van der Waals surface area contributed by atoms with Crippen molar-refractivity contribution < 1.29 is 19.5 Å². The Balaban J connectivity index is 1.82. The van der Waals surface area contributed by atoms with E-state index >= 15 is 0 Å². The highest BCUT2D eigenvalue weighted by Crippen LogP contribution is 2.10. The zero-order valence-corrected chi connectivity index (χ0v) is 12.3. The van der Waals surface area contributed by atoms with Crippen molar-refractivity contribution in [3.63, 3.8) is 0 Å². The molecule has 0 saturated heterocycles. The number of hydrogen-bond donors (Lipinski definition) is 3. The third-order valence-corrected chi connectivity index (χ3v) is 3.05. The second-order valence-corrected chi connectivity index (χ2v) is 4.87. The van der Waals surface area contributed by atoms with Crippen molar-refractivity contribution in [2.45, 2.75) is 6.42 Å². The third kappa shape index (κ3) is 5.28. The van der Waals surface area contributed by atoms with Gasteiger partial charge in [0.2, 0.25) is 11.8 Å². The average Bonchev–Trinajstić information content (AvgIpc) is 2.54. The standard InChI is InChI=1S/C17H16N2O4/c20-15(9-12-5-2-1-3-6-12)18-11-16(21)19-14-8-4-7-13(10-14)17(22)23/h1-8,10H,9,11H2,(H,18,20)(H,19,21)(H,22,23). The molecule has 0 spiro atoms. The van der Waals surface area contributed by atoms with Crippen LogP contribution in [-0.4, -0.2) is 29.4 Å². The van der Waals surface area contributed by atoms with E-state index in [9.17, 15) is 14.4 Å². The predicted molar refractivity (Wildman–Crippen MR) is 85.2 cm³/mol. The fourth-order valence-corrected chi connectivity index (χ4v) is 1.96. The van der Waals surface area contributed by atoms with Gasteiger partial charge in [0.15, 0.2) is 0 Å². The summed E-state index contributed by atoms with van der Waals surface area (Å²) in [6.45, 7) is -0.178. The third-order valence-electron chi connectivity index (χ3n) is 3.05. The molecule has 23 heavy (non-hydrogen) atoms. The first-order valence-corrected chi connectivity index (χ1v) is 6.98. The van der Waals surface area contributed by atoms with Gasteiger partial charge in [0.05, 0.1) is 18.5 Å². The highest BCUT2D eigenvalue weighted by molar-refractivity contribution is 5.96. The first-order valence-electron chi connectivity index (χ1n) is 6.98. The minimum atomic E-state index is -1.07. The minimum absolute atomic E-state index is 0.0795. The van der Waals surface area contributed by atoms with Gasteiger partial charge in [-0.3, -0.25) is 9.59 Å². The molecular weight excluding hydrogens is 296 g/mol. The van der Waals surface area contributed by atoms with E-state index in [0.717, 1.165) is 5.56 Å². The molecule has 0 aliphatic heterocycles. The van der Waals surface area contributed by atoms with Crippen LogP contribution in [0.5, 0.6) is 0 Å². The van der Waals surface area contributed by atoms with E-state index in [4.69, 9.17) is 5.11 Å². The summed E-state index contributed by atoms with van der Waals surface area (Å²) in [5, 5.41) is 14.0. The van der Waals surface area contributed by atoms with Crippen molar-refractivity contribution in [2.75, 3.05) is 11.9 Å². The Bertz CT molecular complexity index is 714. The van der Waals surface area contributed by atoms with E-state index in [-0.39, 0.29) is 24.4 Å². The van der Waals surface area contributed by atoms with E-state index in [1.165, 1.54) is 18.2 Å². The topological polar surface area (TPSA) is 95.5 Å². The average molecular weight is 312 g/mol. The Morgan fingerprint density at radius 3 is 2.35 bits per heavy atom. The number of carbonyl (C=O) groups is 3. The van der Waals surface area contributed by atoms with Crippen LogP contribution in [0, 0.1) is 0 Å². The first-order chi connectivity index (χ1) is 11.0. The maximum atomic E-state index is 11.8. The van der Waals surface area contributed by atoms with Gasteiger partial charge in [-0.15, -0.1) is 0 Å². The number of benzene rings is 2. The molecule has 2 aromatic rings. The molecule has 0 saturated carbocycles. The Morgan fingerprint density at radius 2 is 1.65 bits per heavy atom. The van der Waals surface area contributed by atoms with Gasteiger partial charge in [-0.2, -0.15) is 0 Å². The van der Waals surface area contributed by atoms with Crippen LogP contribution in [0.3, 0.4) is 0 Å². The maximum absolute atomic E-state index is 11.8. The molecule has 2 aromatic carbocycles. The molecule has 6 nitrogen and oxygen atoms in total. The Labute approximate surface area is 133 Å². The van der Waals surface area contributed by atoms with Crippen molar-refractivity contribution in [3.8, 4) is 0 Å². The Morgan fingerprint density at radius 1 is 0.913 bits per heavy atom. The summed E-state index contributed by atoms with van der Waals surface area (Å²) < 4.78 is 0. The smallest absolute Gasteiger partial charge is 0.335 e. The number of hydrogen-bond acceptors (Lipinski definition) is 3. The maximum Gasteiger partial charge on any atom is 0.335 e. The van der Waals surface area contributed by atoms with Crippen molar-refractivity contribution in [3.05, 3.63) is 65.7 Å². The number of nitrogens with one attached hydrogen (secondary N) is 2.